The van der Waals surface area contributed by atoms with Crippen molar-refractivity contribution in [2.24, 2.45) is 0 Å². The minimum Gasteiger partial charge on any atom is -0.459 e. The van der Waals surface area contributed by atoms with Crippen molar-refractivity contribution in [3.8, 4) is 0 Å². The van der Waals surface area contributed by atoms with Gasteiger partial charge in [0.25, 0.3) is 0 Å². The lowest BCUT2D eigenvalue weighted by atomic mass is 9.84. The lowest BCUT2D eigenvalue weighted by Crippen LogP contribution is -2.15. The van der Waals surface area contributed by atoms with E-state index in [4.69, 9.17) is 4.42 Å². The second-order valence-electron chi connectivity index (χ2n) is 6.71. The Labute approximate surface area is 122 Å². The standard InChI is InChI=1S/C18H27NO/c1-7-12(2)13-9-8-10-14-16(18(3,4)5)15(11-19-6)20-17(13)14/h8-10,12,19H,7,11H2,1-6H3. The molecular weight excluding hydrogens is 246 g/mol. The average Bonchev–Trinajstić information content (AvgIpc) is 2.75. The van der Waals surface area contributed by atoms with Crippen LogP contribution < -0.4 is 5.32 Å². The zero-order valence-electron chi connectivity index (χ0n) is 13.6. The van der Waals surface area contributed by atoms with E-state index in [1.54, 1.807) is 0 Å². The predicted octanol–water partition coefficient (Wildman–Crippen LogP) is 4.96. The number of para-hydroxylation sites is 1. The van der Waals surface area contributed by atoms with Gasteiger partial charge in [-0.15, -0.1) is 0 Å². The lowest BCUT2D eigenvalue weighted by molar-refractivity contribution is 0.492. The van der Waals surface area contributed by atoms with Gasteiger partial charge < -0.3 is 9.73 Å². The fourth-order valence-corrected chi connectivity index (χ4v) is 2.91. The Kier molecular flexibility index (Phi) is 4.24. The Bertz CT molecular complexity index is 589. The summed E-state index contributed by atoms with van der Waals surface area (Å²) in [5, 5.41) is 4.50. The monoisotopic (exact) mass is 273 g/mol. The average molecular weight is 273 g/mol. The normalized spacial score (nSPS) is 13.9. The van der Waals surface area contributed by atoms with Crippen molar-refractivity contribution in [1.29, 1.82) is 0 Å². The maximum Gasteiger partial charge on any atom is 0.138 e. The van der Waals surface area contributed by atoms with Crippen molar-refractivity contribution >= 4 is 11.0 Å². The number of benzene rings is 1. The van der Waals surface area contributed by atoms with E-state index in [9.17, 15) is 0 Å². The van der Waals surface area contributed by atoms with Crippen molar-refractivity contribution in [1.82, 2.24) is 5.32 Å². The number of hydrogen-bond donors (Lipinski definition) is 1. The van der Waals surface area contributed by atoms with Gasteiger partial charge in [0.15, 0.2) is 0 Å². The van der Waals surface area contributed by atoms with E-state index in [-0.39, 0.29) is 5.41 Å². The van der Waals surface area contributed by atoms with Crippen LogP contribution in [-0.4, -0.2) is 7.05 Å². The molecule has 1 N–H and O–H groups in total. The Morgan fingerprint density at radius 2 is 1.95 bits per heavy atom. The molecule has 2 heteroatoms. The fraction of sp³-hybridized carbons (Fsp3) is 0.556. The van der Waals surface area contributed by atoms with Gasteiger partial charge >= 0.3 is 0 Å². The molecule has 0 aliphatic heterocycles. The first kappa shape index (κ1) is 15.1. The number of furan rings is 1. The molecule has 2 rings (SSSR count). The van der Waals surface area contributed by atoms with Gasteiger partial charge in [-0.05, 0) is 30.4 Å². The molecular formula is C18H27NO. The Balaban J connectivity index is 2.73. The molecule has 1 unspecified atom stereocenters. The van der Waals surface area contributed by atoms with Crippen LogP contribution in [0.25, 0.3) is 11.0 Å². The summed E-state index contributed by atoms with van der Waals surface area (Å²) < 4.78 is 6.26. The van der Waals surface area contributed by atoms with Crippen LogP contribution in [0.5, 0.6) is 0 Å². The Morgan fingerprint density at radius 3 is 2.50 bits per heavy atom. The smallest absolute Gasteiger partial charge is 0.138 e. The van der Waals surface area contributed by atoms with Gasteiger partial charge in [-0.2, -0.15) is 0 Å². The van der Waals surface area contributed by atoms with Crippen LogP contribution in [-0.2, 0) is 12.0 Å². The molecule has 1 atom stereocenters. The van der Waals surface area contributed by atoms with E-state index in [1.165, 1.54) is 16.5 Å². The maximum atomic E-state index is 6.26. The van der Waals surface area contributed by atoms with E-state index >= 15 is 0 Å². The second kappa shape index (κ2) is 5.61. The molecule has 20 heavy (non-hydrogen) atoms. The fourth-order valence-electron chi connectivity index (χ4n) is 2.91. The van der Waals surface area contributed by atoms with Crippen LogP contribution in [0.15, 0.2) is 22.6 Å². The molecule has 2 nitrogen and oxygen atoms in total. The largest absolute Gasteiger partial charge is 0.459 e. The van der Waals surface area contributed by atoms with Crippen LogP contribution in [0, 0.1) is 0 Å². The van der Waals surface area contributed by atoms with Crippen LogP contribution >= 0.6 is 0 Å². The molecule has 0 fully saturated rings. The highest BCUT2D eigenvalue weighted by atomic mass is 16.3. The minimum absolute atomic E-state index is 0.0888. The highest BCUT2D eigenvalue weighted by Crippen LogP contribution is 2.39. The first-order chi connectivity index (χ1) is 9.40. The molecule has 0 amide bonds. The molecule has 0 aliphatic carbocycles. The van der Waals surface area contributed by atoms with Crippen LogP contribution in [0.3, 0.4) is 0 Å². The number of fused-ring (bicyclic) bond motifs is 1. The van der Waals surface area contributed by atoms with Crippen LogP contribution in [0.4, 0.5) is 0 Å². The predicted molar refractivity (Wildman–Crippen MR) is 86.4 cm³/mol. The molecule has 1 aromatic carbocycles. The van der Waals surface area contributed by atoms with Crippen molar-refractivity contribution < 1.29 is 4.42 Å². The summed E-state index contributed by atoms with van der Waals surface area (Å²) in [4.78, 5) is 0. The van der Waals surface area contributed by atoms with Crippen LogP contribution in [0.2, 0.25) is 0 Å². The van der Waals surface area contributed by atoms with Gasteiger partial charge in [0.2, 0.25) is 0 Å². The van der Waals surface area contributed by atoms with E-state index in [2.05, 4.69) is 58.1 Å². The van der Waals surface area contributed by atoms with Crippen molar-refractivity contribution in [2.75, 3.05) is 7.05 Å². The third kappa shape index (κ3) is 2.62. The molecule has 0 bridgehead atoms. The number of hydrogen-bond acceptors (Lipinski definition) is 2. The van der Waals surface area contributed by atoms with E-state index in [0.717, 1.165) is 24.3 Å². The molecule has 0 aliphatic rings. The van der Waals surface area contributed by atoms with E-state index < -0.39 is 0 Å². The van der Waals surface area contributed by atoms with Gasteiger partial charge in [0.1, 0.15) is 11.3 Å². The van der Waals surface area contributed by atoms with Crippen molar-refractivity contribution in [3.63, 3.8) is 0 Å². The topological polar surface area (TPSA) is 25.2 Å². The summed E-state index contributed by atoms with van der Waals surface area (Å²) >= 11 is 0. The first-order valence-corrected chi connectivity index (χ1v) is 7.59. The minimum atomic E-state index is 0.0888. The highest BCUT2D eigenvalue weighted by Gasteiger charge is 2.26. The molecule has 2 aromatic rings. The molecule has 110 valence electrons. The lowest BCUT2D eigenvalue weighted by Gasteiger charge is -2.19. The van der Waals surface area contributed by atoms with Crippen LogP contribution in [0.1, 0.15) is 63.8 Å². The molecule has 0 saturated carbocycles. The third-order valence-electron chi connectivity index (χ3n) is 4.05. The van der Waals surface area contributed by atoms with E-state index in [0.29, 0.717) is 5.92 Å². The van der Waals surface area contributed by atoms with Crippen molar-refractivity contribution in [2.45, 2.75) is 58.9 Å². The zero-order valence-corrected chi connectivity index (χ0v) is 13.6. The van der Waals surface area contributed by atoms with Gasteiger partial charge in [-0.1, -0.05) is 52.8 Å². The summed E-state index contributed by atoms with van der Waals surface area (Å²) in [6, 6.07) is 6.57. The second-order valence-corrected chi connectivity index (χ2v) is 6.71. The zero-order chi connectivity index (χ0) is 14.9. The van der Waals surface area contributed by atoms with Gasteiger partial charge in [-0.3, -0.25) is 0 Å². The molecule has 0 radical (unpaired) electrons. The summed E-state index contributed by atoms with van der Waals surface area (Å²) in [5.41, 5.74) is 3.84. The van der Waals surface area contributed by atoms with E-state index in [1.807, 2.05) is 7.05 Å². The molecule has 0 spiro atoms. The summed E-state index contributed by atoms with van der Waals surface area (Å²) in [5.74, 6) is 1.60. The molecule has 1 aromatic heterocycles. The quantitative estimate of drug-likeness (QED) is 0.851. The first-order valence-electron chi connectivity index (χ1n) is 7.59. The Hall–Kier alpha value is -1.28. The number of rotatable bonds is 4. The summed E-state index contributed by atoms with van der Waals surface area (Å²) in [6.07, 6.45) is 1.13. The third-order valence-corrected chi connectivity index (χ3v) is 4.05. The van der Waals surface area contributed by atoms with Crippen molar-refractivity contribution in [3.05, 3.63) is 35.1 Å². The highest BCUT2D eigenvalue weighted by molar-refractivity contribution is 5.86. The number of nitrogens with one attached hydrogen (secondary N) is 1. The molecule has 0 saturated heterocycles. The summed E-state index contributed by atoms with van der Waals surface area (Å²) in [6.45, 7) is 12.0. The van der Waals surface area contributed by atoms with Gasteiger partial charge in [0, 0.05) is 10.9 Å². The summed E-state index contributed by atoms with van der Waals surface area (Å²) in [7, 11) is 1.97. The molecule has 1 heterocycles. The van der Waals surface area contributed by atoms with Gasteiger partial charge in [0.05, 0.1) is 6.54 Å². The van der Waals surface area contributed by atoms with Gasteiger partial charge in [-0.25, -0.2) is 0 Å². The maximum absolute atomic E-state index is 6.26. The SMILES string of the molecule is CCC(C)c1cccc2c(C(C)(C)C)c(CNC)oc12. The Morgan fingerprint density at radius 1 is 1.25 bits per heavy atom.